The van der Waals surface area contributed by atoms with Crippen molar-refractivity contribution in [2.75, 3.05) is 37.8 Å². The van der Waals surface area contributed by atoms with Crippen LogP contribution in [0, 0.1) is 0 Å². The second kappa shape index (κ2) is 11.6. The average molecular weight is 519 g/mol. The highest BCUT2D eigenvalue weighted by Gasteiger charge is 2.28. The zero-order valence-electron chi connectivity index (χ0n) is 21.1. The molecule has 0 aliphatic carbocycles. The topological polar surface area (TPSA) is 106 Å². The molecule has 1 amide bonds. The van der Waals surface area contributed by atoms with Crippen LogP contribution >= 0.6 is 11.6 Å². The predicted molar refractivity (Wildman–Crippen MR) is 137 cm³/mol. The lowest BCUT2D eigenvalue weighted by atomic mass is 9.99. The van der Waals surface area contributed by atoms with Gasteiger partial charge in [-0.25, -0.2) is 9.97 Å². The monoisotopic (exact) mass is 518 g/mol. The first-order valence-corrected chi connectivity index (χ1v) is 12.8. The van der Waals surface area contributed by atoms with Crippen LogP contribution in [0.25, 0.3) is 0 Å². The van der Waals surface area contributed by atoms with Gasteiger partial charge in [-0.05, 0) is 51.3 Å². The third kappa shape index (κ3) is 6.99. The number of nitrogens with one attached hydrogen (secondary N) is 1. The Morgan fingerprint density at radius 1 is 1.25 bits per heavy atom. The van der Waals surface area contributed by atoms with Crippen molar-refractivity contribution in [3.63, 3.8) is 0 Å². The van der Waals surface area contributed by atoms with Crippen molar-refractivity contribution in [3.8, 4) is 11.6 Å². The Kier molecular flexibility index (Phi) is 8.54. The average Bonchev–Trinajstić information content (AvgIpc) is 3.31. The van der Waals surface area contributed by atoms with Crippen LogP contribution in [-0.2, 0) is 9.53 Å². The Morgan fingerprint density at radius 3 is 2.67 bits per heavy atom. The zero-order chi connectivity index (χ0) is 25.7. The summed E-state index contributed by atoms with van der Waals surface area (Å²) in [6.45, 7) is 8.04. The van der Waals surface area contributed by atoms with E-state index in [9.17, 15) is 9.90 Å². The van der Waals surface area contributed by atoms with Gasteiger partial charge in [0.05, 0.1) is 18.1 Å². The molecule has 4 rings (SSSR count). The van der Waals surface area contributed by atoms with E-state index in [0.717, 1.165) is 37.1 Å². The van der Waals surface area contributed by atoms with Crippen LogP contribution in [0.4, 0.5) is 5.82 Å². The molecule has 2 saturated heterocycles. The van der Waals surface area contributed by atoms with Crippen molar-refractivity contribution in [2.24, 2.45) is 0 Å². The molecule has 2 aromatic rings. The third-order valence-corrected chi connectivity index (χ3v) is 6.72. The summed E-state index contributed by atoms with van der Waals surface area (Å²) in [5.74, 6) is 1.39. The van der Waals surface area contributed by atoms with Gasteiger partial charge in [-0.3, -0.25) is 4.79 Å². The molecule has 2 aliphatic rings. The maximum atomic E-state index is 12.7. The maximum absolute atomic E-state index is 12.7. The first-order valence-electron chi connectivity index (χ1n) is 12.4. The fraction of sp³-hybridized carbons (Fsp3) is 0.577. The summed E-state index contributed by atoms with van der Waals surface area (Å²) in [6.07, 6.45) is 3.91. The molecule has 196 valence electrons. The molecular weight excluding hydrogens is 484 g/mol. The number of rotatable bonds is 9. The molecule has 2 unspecified atom stereocenters. The quantitative estimate of drug-likeness (QED) is 0.520. The molecule has 1 aromatic heterocycles. The van der Waals surface area contributed by atoms with E-state index in [1.165, 1.54) is 6.33 Å². The number of carbonyl (C=O) groups excluding carboxylic acids is 1. The molecule has 0 bridgehead atoms. The first-order chi connectivity index (χ1) is 17.2. The second-order valence-electron chi connectivity index (χ2n) is 10.1. The molecule has 2 atom stereocenters. The minimum atomic E-state index is -0.997. The summed E-state index contributed by atoms with van der Waals surface area (Å²) >= 11 is 6.51. The Hall–Kier alpha value is -2.62. The van der Waals surface area contributed by atoms with Gasteiger partial charge in [0.1, 0.15) is 29.8 Å². The molecule has 36 heavy (non-hydrogen) atoms. The van der Waals surface area contributed by atoms with Gasteiger partial charge in [0, 0.05) is 32.2 Å². The number of aliphatic hydroxyl groups is 1. The standard InChI is InChI=1S/C26H35ClN4O5/c1-17(24(32)30-19-9-12-34-13-10-19)18-4-6-20(7-5-18)36-21-8-11-31(14-21)23-22(27)25(29-16-28-23)35-15-26(2,3)33/h4-7,16-17,19,21,33H,8-15H2,1-3H3,(H,30,32). The number of amides is 1. The molecule has 2 N–H and O–H groups in total. The highest BCUT2D eigenvalue weighted by Crippen LogP contribution is 2.33. The fourth-order valence-corrected chi connectivity index (χ4v) is 4.55. The summed E-state index contributed by atoms with van der Waals surface area (Å²) in [7, 11) is 0. The van der Waals surface area contributed by atoms with Crippen LogP contribution in [0.2, 0.25) is 5.02 Å². The lowest BCUT2D eigenvalue weighted by molar-refractivity contribution is -0.123. The molecule has 0 radical (unpaired) electrons. The van der Waals surface area contributed by atoms with Gasteiger partial charge in [-0.15, -0.1) is 0 Å². The van der Waals surface area contributed by atoms with E-state index in [0.29, 0.717) is 30.6 Å². The SMILES string of the molecule is CC(C(=O)NC1CCOCC1)c1ccc(OC2CCN(c3ncnc(OCC(C)(C)O)c3Cl)C2)cc1. The van der Waals surface area contributed by atoms with Gasteiger partial charge in [-0.1, -0.05) is 23.7 Å². The van der Waals surface area contributed by atoms with E-state index < -0.39 is 5.60 Å². The summed E-state index contributed by atoms with van der Waals surface area (Å²) in [5.41, 5.74) is -0.0468. The molecular formula is C26H35ClN4O5. The van der Waals surface area contributed by atoms with Gasteiger partial charge in [0.15, 0.2) is 5.82 Å². The highest BCUT2D eigenvalue weighted by molar-refractivity contribution is 6.34. The Balaban J connectivity index is 1.31. The molecule has 3 heterocycles. The smallest absolute Gasteiger partial charge is 0.238 e. The maximum Gasteiger partial charge on any atom is 0.238 e. The normalized spacial score (nSPS) is 19.7. The molecule has 10 heteroatoms. The van der Waals surface area contributed by atoms with Crippen LogP contribution in [0.1, 0.15) is 51.5 Å². The van der Waals surface area contributed by atoms with Crippen molar-refractivity contribution in [3.05, 3.63) is 41.2 Å². The lowest BCUT2D eigenvalue weighted by Crippen LogP contribution is -2.40. The van der Waals surface area contributed by atoms with Crippen LogP contribution in [0.15, 0.2) is 30.6 Å². The first kappa shape index (κ1) is 26.4. The minimum Gasteiger partial charge on any atom is -0.489 e. The lowest BCUT2D eigenvalue weighted by Gasteiger charge is -2.25. The number of carbonyl (C=O) groups is 1. The second-order valence-corrected chi connectivity index (χ2v) is 10.5. The molecule has 2 aliphatic heterocycles. The van der Waals surface area contributed by atoms with E-state index in [4.69, 9.17) is 25.8 Å². The van der Waals surface area contributed by atoms with E-state index in [-0.39, 0.29) is 36.5 Å². The van der Waals surface area contributed by atoms with Crippen molar-refractivity contribution in [1.29, 1.82) is 0 Å². The Labute approximate surface area is 217 Å². The van der Waals surface area contributed by atoms with Gasteiger partial charge in [0.25, 0.3) is 0 Å². The van der Waals surface area contributed by atoms with Crippen molar-refractivity contribution in [1.82, 2.24) is 15.3 Å². The summed E-state index contributed by atoms with van der Waals surface area (Å²) in [5, 5.41) is 13.4. The van der Waals surface area contributed by atoms with Crippen LogP contribution in [0.5, 0.6) is 11.6 Å². The molecule has 2 fully saturated rings. The molecule has 1 aromatic carbocycles. The minimum absolute atomic E-state index is 0.0307. The van der Waals surface area contributed by atoms with Crippen LogP contribution in [0.3, 0.4) is 0 Å². The number of hydrogen-bond acceptors (Lipinski definition) is 8. The van der Waals surface area contributed by atoms with Crippen LogP contribution < -0.4 is 19.7 Å². The van der Waals surface area contributed by atoms with E-state index in [1.54, 1.807) is 13.8 Å². The van der Waals surface area contributed by atoms with Crippen molar-refractivity contribution < 1.29 is 24.1 Å². The Morgan fingerprint density at radius 2 is 1.97 bits per heavy atom. The fourth-order valence-electron chi connectivity index (χ4n) is 4.27. The molecule has 0 saturated carbocycles. The number of aromatic nitrogens is 2. The number of nitrogens with zero attached hydrogens (tertiary/aromatic N) is 3. The number of halogens is 1. The third-order valence-electron chi connectivity index (χ3n) is 6.39. The van der Waals surface area contributed by atoms with E-state index in [2.05, 4.69) is 15.3 Å². The number of benzene rings is 1. The molecule has 0 spiro atoms. The molecule has 9 nitrogen and oxygen atoms in total. The number of anilines is 1. The van der Waals surface area contributed by atoms with Gasteiger partial charge in [-0.2, -0.15) is 0 Å². The van der Waals surface area contributed by atoms with Crippen molar-refractivity contribution in [2.45, 2.75) is 63.7 Å². The number of hydrogen-bond donors (Lipinski definition) is 2. The summed E-state index contributed by atoms with van der Waals surface area (Å²) in [6, 6.07) is 7.91. The predicted octanol–water partition coefficient (Wildman–Crippen LogP) is 3.34. The largest absolute Gasteiger partial charge is 0.489 e. The van der Waals surface area contributed by atoms with Gasteiger partial charge in [0.2, 0.25) is 11.8 Å². The van der Waals surface area contributed by atoms with E-state index in [1.807, 2.05) is 36.1 Å². The zero-order valence-corrected chi connectivity index (χ0v) is 21.8. The van der Waals surface area contributed by atoms with Crippen LogP contribution in [-0.4, -0.2) is 71.6 Å². The Bertz CT molecular complexity index is 1020. The number of ether oxygens (including phenoxy) is 3. The van der Waals surface area contributed by atoms with Gasteiger partial charge < -0.3 is 29.5 Å². The van der Waals surface area contributed by atoms with Crippen molar-refractivity contribution >= 4 is 23.3 Å². The highest BCUT2D eigenvalue weighted by atomic mass is 35.5. The van der Waals surface area contributed by atoms with Gasteiger partial charge >= 0.3 is 0 Å². The summed E-state index contributed by atoms with van der Waals surface area (Å²) in [4.78, 5) is 23.1. The summed E-state index contributed by atoms with van der Waals surface area (Å²) < 4.78 is 17.2. The van der Waals surface area contributed by atoms with E-state index >= 15 is 0 Å².